The lowest BCUT2D eigenvalue weighted by Gasteiger charge is -2.12. The number of ether oxygens (including phenoxy) is 1. The molecule has 76 valence electrons. The van der Waals surface area contributed by atoms with E-state index in [1.54, 1.807) is 18.2 Å². The van der Waals surface area contributed by atoms with Crippen LogP contribution in [-0.2, 0) is 4.74 Å². The Labute approximate surface area is 87.6 Å². The minimum Gasteiger partial charge on any atom is -0.506 e. The molecule has 1 aliphatic heterocycles. The van der Waals surface area contributed by atoms with Crippen LogP contribution in [0.25, 0.3) is 0 Å². The molecule has 1 aliphatic rings. The smallest absolute Gasteiger partial charge is 0.134 e. The second-order valence-electron chi connectivity index (χ2n) is 3.37. The third kappa shape index (κ3) is 2.11. The van der Waals surface area contributed by atoms with Gasteiger partial charge in [0.1, 0.15) is 5.75 Å². The highest BCUT2D eigenvalue weighted by molar-refractivity contribution is 6.32. The molecular formula is C10H12ClNO2. The molecule has 0 spiro atoms. The number of hydrogen-bond acceptors (Lipinski definition) is 3. The fraction of sp³-hybridized carbons (Fsp3) is 0.400. The van der Waals surface area contributed by atoms with Crippen LogP contribution < -0.4 is 5.32 Å². The van der Waals surface area contributed by atoms with Gasteiger partial charge in [0.2, 0.25) is 0 Å². The molecule has 1 aromatic rings. The molecule has 4 heteroatoms. The Morgan fingerprint density at radius 2 is 2.36 bits per heavy atom. The number of rotatable bonds is 2. The van der Waals surface area contributed by atoms with Crippen LogP contribution in [-0.4, -0.2) is 24.4 Å². The first kappa shape index (κ1) is 9.62. The van der Waals surface area contributed by atoms with Crippen LogP contribution >= 0.6 is 11.6 Å². The van der Waals surface area contributed by atoms with E-state index >= 15 is 0 Å². The Kier molecular flexibility index (Phi) is 2.79. The monoisotopic (exact) mass is 213 g/mol. The quantitative estimate of drug-likeness (QED) is 0.741. The SMILES string of the molecule is Oc1ccc(NC2CCOC2)cc1Cl. The van der Waals surface area contributed by atoms with E-state index in [1.807, 2.05) is 0 Å². The van der Waals surface area contributed by atoms with Gasteiger partial charge < -0.3 is 15.2 Å². The zero-order valence-corrected chi connectivity index (χ0v) is 8.42. The summed E-state index contributed by atoms with van der Waals surface area (Å²) in [6.45, 7) is 1.54. The Hall–Kier alpha value is -0.930. The molecule has 0 radical (unpaired) electrons. The molecule has 0 saturated carbocycles. The summed E-state index contributed by atoms with van der Waals surface area (Å²) in [7, 11) is 0. The molecule has 1 fully saturated rings. The summed E-state index contributed by atoms with van der Waals surface area (Å²) in [6.07, 6.45) is 1.01. The van der Waals surface area contributed by atoms with Gasteiger partial charge in [0.25, 0.3) is 0 Å². The maximum atomic E-state index is 9.22. The van der Waals surface area contributed by atoms with Gasteiger partial charge in [-0.1, -0.05) is 11.6 Å². The second-order valence-corrected chi connectivity index (χ2v) is 3.78. The fourth-order valence-corrected chi connectivity index (χ4v) is 1.66. The molecule has 0 aliphatic carbocycles. The van der Waals surface area contributed by atoms with Gasteiger partial charge in [-0.3, -0.25) is 0 Å². The number of nitrogens with one attached hydrogen (secondary N) is 1. The van der Waals surface area contributed by atoms with E-state index in [4.69, 9.17) is 16.3 Å². The van der Waals surface area contributed by atoms with Crippen molar-refractivity contribution in [3.8, 4) is 5.75 Å². The van der Waals surface area contributed by atoms with E-state index < -0.39 is 0 Å². The van der Waals surface area contributed by atoms with Crippen LogP contribution in [0.5, 0.6) is 5.75 Å². The predicted octanol–water partition coefficient (Wildman–Crippen LogP) is 2.25. The Morgan fingerprint density at radius 1 is 1.50 bits per heavy atom. The lowest BCUT2D eigenvalue weighted by Crippen LogP contribution is -2.18. The minimum absolute atomic E-state index is 0.111. The molecule has 2 N–H and O–H groups in total. The molecular weight excluding hydrogens is 202 g/mol. The van der Waals surface area contributed by atoms with Gasteiger partial charge in [0.15, 0.2) is 0 Å². The summed E-state index contributed by atoms with van der Waals surface area (Å²) in [4.78, 5) is 0. The summed E-state index contributed by atoms with van der Waals surface area (Å²) >= 11 is 5.78. The Morgan fingerprint density at radius 3 is 3.00 bits per heavy atom. The van der Waals surface area contributed by atoms with Gasteiger partial charge in [-0.25, -0.2) is 0 Å². The number of hydrogen-bond donors (Lipinski definition) is 2. The van der Waals surface area contributed by atoms with Gasteiger partial charge in [-0.05, 0) is 24.6 Å². The molecule has 1 aromatic carbocycles. The third-order valence-corrected chi connectivity index (χ3v) is 2.55. The fourth-order valence-electron chi connectivity index (χ4n) is 1.48. The van der Waals surface area contributed by atoms with Crippen molar-refractivity contribution in [3.63, 3.8) is 0 Å². The standard InChI is InChI=1S/C10H12ClNO2/c11-9-5-7(1-2-10(9)13)12-8-3-4-14-6-8/h1-2,5,8,12-13H,3-4,6H2. The molecule has 0 bridgehead atoms. The molecule has 1 saturated heterocycles. The second kappa shape index (κ2) is 4.07. The number of anilines is 1. The minimum atomic E-state index is 0.111. The van der Waals surface area contributed by atoms with Crippen LogP contribution in [0.1, 0.15) is 6.42 Å². The van der Waals surface area contributed by atoms with Gasteiger partial charge >= 0.3 is 0 Å². The average Bonchev–Trinajstić information content (AvgIpc) is 2.64. The van der Waals surface area contributed by atoms with Crippen molar-refractivity contribution >= 4 is 17.3 Å². The van der Waals surface area contributed by atoms with Crippen molar-refractivity contribution < 1.29 is 9.84 Å². The molecule has 0 amide bonds. The number of benzene rings is 1. The number of aromatic hydroxyl groups is 1. The molecule has 14 heavy (non-hydrogen) atoms. The van der Waals surface area contributed by atoms with E-state index in [1.165, 1.54) is 0 Å². The highest BCUT2D eigenvalue weighted by Gasteiger charge is 2.15. The average molecular weight is 214 g/mol. The van der Waals surface area contributed by atoms with Crippen LogP contribution in [0.3, 0.4) is 0 Å². The van der Waals surface area contributed by atoms with E-state index in [2.05, 4.69) is 5.32 Å². The third-order valence-electron chi connectivity index (χ3n) is 2.25. The van der Waals surface area contributed by atoms with Crippen LogP contribution in [0.4, 0.5) is 5.69 Å². The van der Waals surface area contributed by atoms with Crippen molar-refractivity contribution in [3.05, 3.63) is 23.2 Å². The molecule has 3 nitrogen and oxygen atoms in total. The van der Waals surface area contributed by atoms with Gasteiger partial charge in [0.05, 0.1) is 17.7 Å². The summed E-state index contributed by atoms with van der Waals surface area (Å²) in [5, 5.41) is 12.9. The van der Waals surface area contributed by atoms with Gasteiger partial charge in [-0.2, -0.15) is 0 Å². The van der Waals surface area contributed by atoms with E-state index in [0.29, 0.717) is 11.1 Å². The topological polar surface area (TPSA) is 41.5 Å². The van der Waals surface area contributed by atoms with Gasteiger partial charge in [-0.15, -0.1) is 0 Å². The van der Waals surface area contributed by atoms with E-state index in [0.717, 1.165) is 25.3 Å². The maximum Gasteiger partial charge on any atom is 0.134 e. The van der Waals surface area contributed by atoms with Crippen molar-refractivity contribution in [2.24, 2.45) is 0 Å². The first-order valence-corrected chi connectivity index (χ1v) is 4.96. The molecule has 2 rings (SSSR count). The zero-order valence-electron chi connectivity index (χ0n) is 7.66. The van der Waals surface area contributed by atoms with Crippen molar-refractivity contribution in [1.82, 2.24) is 0 Å². The summed E-state index contributed by atoms with van der Waals surface area (Å²) in [6, 6.07) is 5.46. The van der Waals surface area contributed by atoms with E-state index in [9.17, 15) is 5.11 Å². The molecule has 1 unspecified atom stereocenters. The molecule has 0 aromatic heterocycles. The largest absolute Gasteiger partial charge is 0.506 e. The normalized spacial score (nSPS) is 21.1. The number of phenols is 1. The van der Waals surface area contributed by atoms with Crippen LogP contribution in [0, 0.1) is 0 Å². The van der Waals surface area contributed by atoms with Crippen LogP contribution in [0.2, 0.25) is 5.02 Å². The first-order valence-electron chi connectivity index (χ1n) is 4.58. The Balaban J connectivity index is 2.05. The van der Waals surface area contributed by atoms with Gasteiger partial charge in [0, 0.05) is 12.3 Å². The maximum absolute atomic E-state index is 9.22. The van der Waals surface area contributed by atoms with Crippen molar-refractivity contribution in [2.45, 2.75) is 12.5 Å². The summed E-state index contributed by atoms with van der Waals surface area (Å²) < 4.78 is 5.24. The predicted molar refractivity (Wildman–Crippen MR) is 56.0 cm³/mol. The van der Waals surface area contributed by atoms with E-state index in [-0.39, 0.29) is 5.75 Å². The highest BCUT2D eigenvalue weighted by atomic mass is 35.5. The highest BCUT2D eigenvalue weighted by Crippen LogP contribution is 2.26. The number of phenolic OH excluding ortho intramolecular Hbond substituents is 1. The molecule has 1 atom stereocenters. The Bertz CT molecular complexity index is 324. The summed E-state index contributed by atoms with van der Waals surface area (Å²) in [5.74, 6) is 0.111. The molecule has 1 heterocycles. The van der Waals surface area contributed by atoms with Crippen molar-refractivity contribution in [2.75, 3.05) is 18.5 Å². The zero-order chi connectivity index (χ0) is 9.97. The summed E-state index contributed by atoms with van der Waals surface area (Å²) in [5.41, 5.74) is 0.920. The first-order chi connectivity index (χ1) is 6.75. The number of halogens is 1. The lowest BCUT2D eigenvalue weighted by atomic mass is 10.2. The van der Waals surface area contributed by atoms with Crippen molar-refractivity contribution in [1.29, 1.82) is 0 Å². The lowest BCUT2D eigenvalue weighted by molar-refractivity contribution is 0.195. The van der Waals surface area contributed by atoms with Crippen LogP contribution in [0.15, 0.2) is 18.2 Å².